The highest BCUT2D eigenvalue weighted by Crippen LogP contribution is 2.25. The van der Waals surface area contributed by atoms with Gasteiger partial charge < -0.3 is 24.8 Å². The molecule has 2 amide bonds. The molecule has 2 N–H and O–H groups in total. The normalized spacial score (nSPS) is 15.0. The van der Waals surface area contributed by atoms with E-state index in [9.17, 15) is 4.79 Å². The average molecular weight is 340 g/mol. The Morgan fingerprint density at radius 2 is 1.87 bits per heavy atom. The van der Waals surface area contributed by atoms with Gasteiger partial charge in [0.05, 0.1) is 14.2 Å². The Kier molecular flexibility index (Phi) is 7.35. The first-order chi connectivity index (χ1) is 11.2. The van der Waals surface area contributed by atoms with E-state index < -0.39 is 0 Å². The molecule has 1 saturated heterocycles. The van der Waals surface area contributed by atoms with Crippen molar-refractivity contribution in [2.24, 2.45) is 0 Å². The van der Waals surface area contributed by atoms with Gasteiger partial charge in [0.25, 0.3) is 0 Å². The molecule has 0 radical (unpaired) electrons. The first-order valence-corrected chi connectivity index (χ1v) is 8.73. The summed E-state index contributed by atoms with van der Waals surface area (Å²) in [5, 5.41) is 6.30. The molecular weight excluding hydrogens is 316 g/mol. The minimum atomic E-state index is -0.229. The van der Waals surface area contributed by atoms with Gasteiger partial charge in [0.2, 0.25) is 0 Å². The Balaban J connectivity index is 1.71. The van der Waals surface area contributed by atoms with E-state index in [1.165, 1.54) is 0 Å². The number of anilines is 1. The number of methoxy groups -OCH3 is 2. The molecule has 1 aliphatic heterocycles. The zero-order valence-electron chi connectivity index (χ0n) is 13.6. The quantitative estimate of drug-likeness (QED) is 0.747. The summed E-state index contributed by atoms with van der Waals surface area (Å²) in [5.74, 6) is 2.17. The van der Waals surface area contributed by atoms with E-state index in [1.54, 1.807) is 32.4 Å². The van der Waals surface area contributed by atoms with Gasteiger partial charge in [-0.3, -0.25) is 0 Å². The molecule has 0 aromatic heterocycles. The molecule has 0 unspecified atom stereocenters. The minimum Gasteiger partial charge on any atom is -0.497 e. The zero-order valence-corrected chi connectivity index (χ0v) is 14.4. The smallest absolute Gasteiger partial charge is 0.319 e. The van der Waals surface area contributed by atoms with Crippen molar-refractivity contribution in [1.29, 1.82) is 0 Å². The predicted molar refractivity (Wildman–Crippen MR) is 92.9 cm³/mol. The molecule has 23 heavy (non-hydrogen) atoms. The van der Waals surface area contributed by atoms with Crippen LogP contribution in [-0.2, 0) is 4.74 Å². The Bertz CT molecular complexity index is 485. The van der Waals surface area contributed by atoms with Crippen molar-refractivity contribution in [2.75, 3.05) is 45.0 Å². The standard InChI is InChI=1S/C16H24N2O4S/c1-20-13-9-12(10-14(11-13)21-2)18-16(19)17-5-8-23-15-3-6-22-7-4-15/h9-11,15H,3-8H2,1-2H3,(H2,17,18,19). The van der Waals surface area contributed by atoms with Crippen LogP contribution >= 0.6 is 11.8 Å². The molecular formula is C16H24N2O4S. The van der Waals surface area contributed by atoms with Crippen LogP contribution in [0.1, 0.15) is 12.8 Å². The van der Waals surface area contributed by atoms with Crippen molar-refractivity contribution in [3.63, 3.8) is 0 Å². The fourth-order valence-corrected chi connectivity index (χ4v) is 3.37. The predicted octanol–water partition coefficient (Wildman–Crippen LogP) is 2.74. The Morgan fingerprint density at radius 1 is 1.22 bits per heavy atom. The number of hydrogen-bond donors (Lipinski definition) is 2. The first-order valence-electron chi connectivity index (χ1n) is 7.68. The SMILES string of the molecule is COc1cc(NC(=O)NCCSC2CCOCC2)cc(OC)c1. The number of carbonyl (C=O) groups is 1. The Labute approximate surface area is 141 Å². The number of ether oxygens (including phenoxy) is 3. The summed E-state index contributed by atoms with van der Waals surface area (Å²) in [6.07, 6.45) is 2.20. The molecule has 2 rings (SSSR count). The summed E-state index contributed by atoms with van der Waals surface area (Å²) >= 11 is 1.90. The maximum Gasteiger partial charge on any atom is 0.319 e. The molecule has 1 fully saturated rings. The third-order valence-electron chi connectivity index (χ3n) is 3.52. The van der Waals surface area contributed by atoms with E-state index in [2.05, 4.69) is 10.6 Å². The van der Waals surface area contributed by atoms with E-state index in [-0.39, 0.29) is 6.03 Å². The molecule has 0 spiro atoms. The van der Waals surface area contributed by atoms with Crippen LogP contribution < -0.4 is 20.1 Å². The maximum absolute atomic E-state index is 11.9. The number of rotatable bonds is 7. The third-order valence-corrected chi connectivity index (χ3v) is 4.90. The van der Waals surface area contributed by atoms with Crippen LogP contribution in [0.5, 0.6) is 11.5 Å². The fourth-order valence-electron chi connectivity index (χ4n) is 2.29. The lowest BCUT2D eigenvalue weighted by Gasteiger charge is -2.21. The molecule has 1 heterocycles. The largest absolute Gasteiger partial charge is 0.497 e. The highest BCUT2D eigenvalue weighted by Gasteiger charge is 2.13. The number of carbonyl (C=O) groups excluding carboxylic acids is 1. The Hall–Kier alpha value is -1.60. The second kappa shape index (κ2) is 9.52. The Morgan fingerprint density at radius 3 is 2.48 bits per heavy atom. The molecule has 7 heteroatoms. The van der Waals surface area contributed by atoms with Crippen molar-refractivity contribution in [1.82, 2.24) is 5.32 Å². The second-order valence-corrected chi connectivity index (χ2v) is 6.57. The molecule has 1 aromatic rings. The van der Waals surface area contributed by atoms with Crippen molar-refractivity contribution in [3.8, 4) is 11.5 Å². The molecule has 1 aliphatic rings. The number of amides is 2. The molecule has 0 saturated carbocycles. The topological polar surface area (TPSA) is 68.8 Å². The molecule has 6 nitrogen and oxygen atoms in total. The molecule has 0 bridgehead atoms. The molecule has 1 aromatic carbocycles. The summed E-state index contributed by atoms with van der Waals surface area (Å²) < 4.78 is 15.7. The van der Waals surface area contributed by atoms with Gasteiger partial charge in [0.15, 0.2) is 0 Å². The number of hydrogen-bond acceptors (Lipinski definition) is 5. The third kappa shape index (κ3) is 6.19. The van der Waals surface area contributed by atoms with Gasteiger partial charge in [-0.25, -0.2) is 4.79 Å². The van der Waals surface area contributed by atoms with E-state index >= 15 is 0 Å². The number of thioether (sulfide) groups is 1. The van der Waals surface area contributed by atoms with Crippen LogP contribution in [0.25, 0.3) is 0 Å². The van der Waals surface area contributed by atoms with Gasteiger partial charge in [-0.15, -0.1) is 0 Å². The van der Waals surface area contributed by atoms with Gasteiger partial charge in [-0.2, -0.15) is 11.8 Å². The lowest BCUT2D eigenvalue weighted by molar-refractivity contribution is 0.100. The number of urea groups is 1. The minimum absolute atomic E-state index is 0.229. The van der Waals surface area contributed by atoms with Crippen LogP contribution in [0, 0.1) is 0 Å². The summed E-state index contributed by atoms with van der Waals surface area (Å²) in [6, 6.07) is 5.03. The summed E-state index contributed by atoms with van der Waals surface area (Å²) in [4.78, 5) is 11.9. The van der Waals surface area contributed by atoms with E-state index in [1.807, 2.05) is 11.8 Å². The molecule has 128 valence electrons. The van der Waals surface area contributed by atoms with Crippen LogP contribution in [0.15, 0.2) is 18.2 Å². The molecule has 0 atom stereocenters. The summed E-state index contributed by atoms with van der Waals surface area (Å²) in [6.45, 7) is 2.33. The van der Waals surface area contributed by atoms with E-state index in [4.69, 9.17) is 14.2 Å². The van der Waals surface area contributed by atoms with Gasteiger partial charge in [0, 0.05) is 54.6 Å². The summed E-state index contributed by atoms with van der Waals surface area (Å²) in [7, 11) is 3.15. The lowest BCUT2D eigenvalue weighted by atomic mass is 10.2. The van der Waals surface area contributed by atoms with Gasteiger partial charge in [0.1, 0.15) is 11.5 Å². The monoisotopic (exact) mass is 340 g/mol. The van der Waals surface area contributed by atoms with Crippen molar-refractivity contribution in [3.05, 3.63) is 18.2 Å². The highest BCUT2D eigenvalue weighted by molar-refractivity contribution is 7.99. The second-order valence-electron chi connectivity index (χ2n) is 5.16. The van der Waals surface area contributed by atoms with Gasteiger partial charge in [-0.1, -0.05) is 0 Å². The number of benzene rings is 1. The van der Waals surface area contributed by atoms with E-state index in [0.717, 1.165) is 31.8 Å². The average Bonchev–Trinajstić information content (AvgIpc) is 2.59. The lowest BCUT2D eigenvalue weighted by Crippen LogP contribution is -2.31. The van der Waals surface area contributed by atoms with Crippen LogP contribution in [-0.4, -0.2) is 51.0 Å². The van der Waals surface area contributed by atoms with Crippen molar-refractivity contribution >= 4 is 23.5 Å². The van der Waals surface area contributed by atoms with Gasteiger partial charge in [-0.05, 0) is 12.8 Å². The summed E-state index contributed by atoms with van der Waals surface area (Å²) in [5.41, 5.74) is 0.635. The van der Waals surface area contributed by atoms with Crippen molar-refractivity contribution < 1.29 is 19.0 Å². The van der Waals surface area contributed by atoms with E-state index in [0.29, 0.717) is 29.0 Å². The first kappa shape index (κ1) is 17.7. The van der Waals surface area contributed by atoms with Crippen LogP contribution in [0.4, 0.5) is 10.5 Å². The highest BCUT2D eigenvalue weighted by atomic mass is 32.2. The van der Waals surface area contributed by atoms with Crippen molar-refractivity contribution in [2.45, 2.75) is 18.1 Å². The van der Waals surface area contributed by atoms with Crippen LogP contribution in [0.3, 0.4) is 0 Å². The van der Waals surface area contributed by atoms with Crippen LogP contribution in [0.2, 0.25) is 0 Å². The maximum atomic E-state index is 11.9. The fraction of sp³-hybridized carbons (Fsp3) is 0.562. The van der Waals surface area contributed by atoms with Gasteiger partial charge >= 0.3 is 6.03 Å². The number of nitrogens with one attached hydrogen (secondary N) is 2. The molecule has 0 aliphatic carbocycles. The zero-order chi connectivity index (χ0) is 16.5.